The normalized spacial score (nSPS) is 12.8. The predicted molar refractivity (Wildman–Crippen MR) is 86.9 cm³/mol. The number of hydrogen-bond donors (Lipinski definition) is 0. The van der Waals surface area contributed by atoms with Crippen molar-refractivity contribution in [2.45, 2.75) is 18.7 Å². The van der Waals surface area contributed by atoms with E-state index in [1.54, 1.807) is 24.3 Å². The lowest BCUT2D eigenvalue weighted by Crippen LogP contribution is -1.97. The first kappa shape index (κ1) is 15.2. The molecule has 0 aliphatic carbocycles. The van der Waals surface area contributed by atoms with E-state index in [2.05, 4.69) is 4.40 Å². The van der Waals surface area contributed by atoms with Crippen LogP contribution in [-0.2, 0) is 10.0 Å². The highest BCUT2D eigenvalue weighted by atomic mass is 32.2. The van der Waals surface area contributed by atoms with Crippen LogP contribution in [0.5, 0.6) is 0 Å². The van der Waals surface area contributed by atoms with Crippen LogP contribution in [0.25, 0.3) is 6.08 Å². The van der Waals surface area contributed by atoms with Crippen molar-refractivity contribution in [3.05, 3.63) is 71.3 Å². The molecule has 0 bridgehead atoms. The standard InChI is InChI=1S/C17H17NO2S/c1-14-8-10-17(11-9-14)21(19,20)18-13-15(2)12-16-6-4-3-5-7-16/h3-13H,1-2H3/b15-12+,18-13-. The molecular weight excluding hydrogens is 282 g/mol. The lowest BCUT2D eigenvalue weighted by molar-refractivity contribution is 0.598. The highest BCUT2D eigenvalue weighted by molar-refractivity contribution is 7.90. The summed E-state index contributed by atoms with van der Waals surface area (Å²) in [7, 11) is -3.64. The molecular formula is C17H17NO2S. The van der Waals surface area contributed by atoms with Crippen LogP contribution in [0.15, 0.2) is 69.5 Å². The second kappa shape index (κ2) is 6.50. The third kappa shape index (κ3) is 4.39. The Morgan fingerprint density at radius 2 is 1.62 bits per heavy atom. The fraction of sp³-hybridized carbons (Fsp3) is 0.118. The van der Waals surface area contributed by atoms with Gasteiger partial charge in [0.25, 0.3) is 10.0 Å². The number of allylic oxidation sites excluding steroid dienone is 1. The van der Waals surface area contributed by atoms with Gasteiger partial charge in [-0.1, -0.05) is 54.1 Å². The summed E-state index contributed by atoms with van der Waals surface area (Å²) < 4.78 is 27.9. The van der Waals surface area contributed by atoms with Crippen molar-refractivity contribution in [3.63, 3.8) is 0 Å². The molecule has 0 aliphatic heterocycles. The largest absolute Gasteiger partial charge is 0.282 e. The Morgan fingerprint density at radius 3 is 2.24 bits per heavy atom. The minimum absolute atomic E-state index is 0.205. The SMILES string of the molecule is CC(/C=N\S(=O)(=O)c1ccc(C)cc1)=C\c1ccccc1. The average Bonchev–Trinajstić information content (AvgIpc) is 2.47. The van der Waals surface area contributed by atoms with E-state index < -0.39 is 10.0 Å². The Bertz CT molecular complexity index is 758. The maximum Gasteiger partial charge on any atom is 0.282 e. The third-order valence-corrected chi connectivity index (χ3v) is 4.16. The fourth-order valence-corrected chi connectivity index (χ4v) is 2.68. The molecule has 0 heterocycles. The molecule has 0 N–H and O–H groups in total. The number of sulfonamides is 1. The molecule has 0 aromatic heterocycles. The van der Waals surface area contributed by atoms with Gasteiger partial charge in [-0.3, -0.25) is 0 Å². The molecule has 0 saturated heterocycles. The number of hydrogen-bond acceptors (Lipinski definition) is 2. The third-order valence-electron chi connectivity index (χ3n) is 2.91. The van der Waals surface area contributed by atoms with Crippen LogP contribution >= 0.6 is 0 Å². The summed E-state index contributed by atoms with van der Waals surface area (Å²) in [5.41, 5.74) is 2.80. The summed E-state index contributed by atoms with van der Waals surface area (Å²) in [4.78, 5) is 0.205. The van der Waals surface area contributed by atoms with E-state index in [4.69, 9.17) is 0 Å². The topological polar surface area (TPSA) is 46.5 Å². The quantitative estimate of drug-likeness (QED) is 0.805. The molecule has 0 saturated carbocycles. The van der Waals surface area contributed by atoms with Crippen molar-refractivity contribution in [2.75, 3.05) is 0 Å². The van der Waals surface area contributed by atoms with E-state index in [1.165, 1.54) is 6.21 Å². The van der Waals surface area contributed by atoms with Gasteiger partial charge in [-0.25, -0.2) is 0 Å². The Morgan fingerprint density at radius 1 is 1.00 bits per heavy atom. The number of rotatable bonds is 4. The average molecular weight is 299 g/mol. The van der Waals surface area contributed by atoms with Crippen molar-refractivity contribution in [3.8, 4) is 0 Å². The fourth-order valence-electron chi connectivity index (χ4n) is 1.77. The molecule has 0 radical (unpaired) electrons. The van der Waals surface area contributed by atoms with Crippen LogP contribution in [0.2, 0.25) is 0 Å². The molecule has 108 valence electrons. The smallest absolute Gasteiger partial charge is 0.199 e. The molecule has 2 aromatic carbocycles. The lowest BCUT2D eigenvalue weighted by Gasteiger charge is -1.99. The summed E-state index contributed by atoms with van der Waals surface area (Å²) in [5, 5.41) is 0. The van der Waals surface area contributed by atoms with E-state index in [0.717, 1.165) is 16.7 Å². The van der Waals surface area contributed by atoms with Crippen molar-refractivity contribution in [1.82, 2.24) is 0 Å². The molecule has 21 heavy (non-hydrogen) atoms. The van der Waals surface area contributed by atoms with Gasteiger partial charge in [-0.15, -0.1) is 0 Å². The first-order valence-corrected chi connectivity index (χ1v) is 8.02. The maximum absolute atomic E-state index is 12.1. The Kier molecular flexibility index (Phi) is 4.70. The van der Waals surface area contributed by atoms with E-state index in [0.29, 0.717) is 0 Å². The second-order valence-corrected chi connectivity index (χ2v) is 6.45. The predicted octanol–water partition coefficient (Wildman–Crippen LogP) is 3.86. The summed E-state index contributed by atoms with van der Waals surface area (Å²) in [6, 6.07) is 16.3. The van der Waals surface area contributed by atoms with E-state index in [1.807, 2.05) is 50.3 Å². The van der Waals surface area contributed by atoms with Gasteiger partial charge in [0, 0.05) is 6.21 Å². The number of benzene rings is 2. The van der Waals surface area contributed by atoms with Crippen molar-refractivity contribution in [2.24, 2.45) is 4.40 Å². The van der Waals surface area contributed by atoms with Gasteiger partial charge in [-0.05, 0) is 37.1 Å². The van der Waals surface area contributed by atoms with E-state index in [-0.39, 0.29) is 4.90 Å². The molecule has 0 fully saturated rings. The van der Waals surface area contributed by atoms with Gasteiger partial charge >= 0.3 is 0 Å². The maximum atomic E-state index is 12.1. The molecule has 0 unspecified atom stereocenters. The van der Waals surface area contributed by atoms with Gasteiger partial charge < -0.3 is 0 Å². The van der Waals surface area contributed by atoms with Crippen LogP contribution in [0.1, 0.15) is 18.1 Å². The summed E-state index contributed by atoms with van der Waals surface area (Å²) in [6.07, 6.45) is 3.26. The molecule has 2 rings (SSSR count). The van der Waals surface area contributed by atoms with E-state index in [9.17, 15) is 8.42 Å². The molecule has 0 amide bonds. The summed E-state index contributed by atoms with van der Waals surface area (Å²) in [5.74, 6) is 0. The van der Waals surface area contributed by atoms with Gasteiger partial charge in [0.15, 0.2) is 0 Å². The summed E-state index contributed by atoms with van der Waals surface area (Å²) in [6.45, 7) is 3.73. The minimum atomic E-state index is -3.64. The monoisotopic (exact) mass is 299 g/mol. The zero-order chi connectivity index (χ0) is 15.3. The van der Waals surface area contributed by atoms with Crippen molar-refractivity contribution in [1.29, 1.82) is 0 Å². The van der Waals surface area contributed by atoms with Crippen LogP contribution in [0.4, 0.5) is 0 Å². The summed E-state index contributed by atoms with van der Waals surface area (Å²) >= 11 is 0. The zero-order valence-electron chi connectivity index (χ0n) is 12.0. The Labute approximate surface area is 125 Å². The highest BCUT2D eigenvalue weighted by Crippen LogP contribution is 2.13. The first-order chi connectivity index (χ1) is 9.97. The van der Waals surface area contributed by atoms with Crippen LogP contribution in [0, 0.1) is 6.92 Å². The first-order valence-electron chi connectivity index (χ1n) is 6.58. The number of aryl methyl sites for hydroxylation is 1. The minimum Gasteiger partial charge on any atom is -0.199 e. The van der Waals surface area contributed by atoms with Gasteiger partial charge in [0.2, 0.25) is 0 Å². The molecule has 4 heteroatoms. The van der Waals surface area contributed by atoms with E-state index >= 15 is 0 Å². The van der Waals surface area contributed by atoms with Crippen LogP contribution in [0.3, 0.4) is 0 Å². The number of nitrogens with zero attached hydrogens (tertiary/aromatic N) is 1. The van der Waals surface area contributed by atoms with Crippen LogP contribution in [-0.4, -0.2) is 14.6 Å². The Balaban J connectivity index is 2.20. The molecule has 0 atom stereocenters. The molecule has 0 spiro atoms. The highest BCUT2D eigenvalue weighted by Gasteiger charge is 2.10. The zero-order valence-corrected chi connectivity index (χ0v) is 12.8. The van der Waals surface area contributed by atoms with Gasteiger partial charge in [-0.2, -0.15) is 12.8 Å². The molecule has 3 nitrogen and oxygen atoms in total. The van der Waals surface area contributed by atoms with Gasteiger partial charge in [0.1, 0.15) is 0 Å². The van der Waals surface area contributed by atoms with Crippen molar-refractivity contribution < 1.29 is 8.42 Å². The molecule has 2 aromatic rings. The second-order valence-electron chi connectivity index (χ2n) is 4.82. The van der Waals surface area contributed by atoms with Crippen molar-refractivity contribution >= 4 is 22.3 Å². The van der Waals surface area contributed by atoms with Gasteiger partial charge in [0.05, 0.1) is 4.90 Å². The Hall–Kier alpha value is -2.20. The van der Waals surface area contributed by atoms with Crippen LogP contribution < -0.4 is 0 Å². The molecule has 0 aliphatic rings. The lowest BCUT2D eigenvalue weighted by atomic mass is 10.1.